The third-order valence-electron chi connectivity index (χ3n) is 3.43. The van der Waals surface area contributed by atoms with Crippen LogP contribution in [0.15, 0.2) is 24.3 Å². The van der Waals surface area contributed by atoms with Crippen LogP contribution in [0.5, 0.6) is 0 Å². The summed E-state index contributed by atoms with van der Waals surface area (Å²) in [6.07, 6.45) is -3.20. The van der Waals surface area contributed by atoms with Gasteiger partial charge in [0.1, 0.15) is 0 Å². The minimum atomic E-state index is -4.34. The maximum atomic E-state index is 12.7. The molecule has 2 unspecified atom stereocenters. The molecule has 6 heteroatoms. The Morgan fingerprint density at radius 1 is 1.37 bits per heavy atom. The van der Waals surface area contributed by atoms with E-state index in [1.807, 2.05) is 0 Å². The number of nitrogens with two attached hydrogens (primary N) is 1. The van der Waals surface area contributed by atoms with Crippen molar-refractivity contribution in [2.75, 3.05) is 6.54 Å². The number of piperidine rings is 1. The number of hydrogen-bond donors (Lipinski definition) is 2. The Balaban J connectivity index is 2.20. The van der Waals surface area contributed by atoms with Crippen molar-refractivity contribution < 1.29 is 18.0 Å². The SMILES string of the molecule is NC(=O)C1CC(c2cccc(C(F)(F)F)c2)CCN1. The van der Waals surface area contributed by atoms with Gasteiger partial charge >= 0.3 is 6.18 Å². The molecule has 1 saturated heterocycles. The molecule has 0 bridgehead atoms. The fourth-order valence-electron chi connectivity index (χ4n) is 2.41. The van der Waals surface area contributed by atoms with E-state index in [-0.39, 0.29) is 5.92 Å². The van der Waals surface area contributed by atoms with Crippen molar-refractivity contribution in [3.05, 3.63) is 35.4 Å². The molecular weight excluding hydrogens is 257 g/mol. The van der Waals surface area contributed by atoms with Gasteiger partial charge in [0.05, 0.1) is 11.6 Å². The zero-order valence-corrected chi connectivity index (χ0v) is 10.2. The normalized spacial score (nSPS) is 24.2. The first-order valence-electron chi connectivity index (χ1n) is 6.08. The van der Waals surface area contributed by atoms with Gasteiger partial charge in [0.2, 0.25) is 5.91 Å². The second kappa shape index (κ2) is 5.21. The molecule has 3 N–H and O–H groups in total. The van der Waals surface area contributed by atoms with Gasteiger partial charge in [-0.3, -0.25) is 4.79 Å². The lowest BCUT2D eigenvalue weighted by molar-refractivity contribution is -0.137. The number of nitrogens with one attached hydrogen (secondary N) is 1. The van der Waals surface area contributed by atoms with Crippen molar-refractivity contribution in [1.29, 1.82) is 0 Å². The Morgan fingerprint density at radius 3 is 2.74 bits per heavy atom. The summed E-state index contributed by atoms with van der Waals surface area (Å²) in [6.45, 7) is 0.578. The van der Waals surface area contributed by atoms with Gasteiger partial charge in [-0.15, -0.1) is 0 Å². The molecule has 19 heavy (non-hydrogen) atoms. The van der Waals surface area contributed by atoms with Gasteiger partial charge in [-0.1, -0.05) is 18.2 Å². The molecule has 1 fully saturated rings. The summed E-state index contributed by atoms with van der Waals surface area (Å²) in [6, 6.07) is 4.82. The minimum Gasteiger partial charge on any atom is -0.368 e. The Morgan fingerprint density at radius 2 is 2.11 bits per heavy atom. The number of benzene rings is 1. The summed E-state index contributed by atoms with van der Waals surface area (Å²) in [4.78, 5) is 11.1. The van der Waals surface area contributed by atoms with Gasteiger partial charge in [-0.2, -0.15) is 13.2 Å². The maximum absolute atomic E-state index is 12.7. The van der Waals surface area contributed by atoms with Gasteiger partial charge in [0.15, 0.2) is 0 Å². The van der Waals surface area contributed by atoms with Gasteiger partial charge < -0.3 is 11.1 Å². The number of amides is 1. The molecule has 1 aromatic rings. The van der Waals surface area contributed by atoms with Crippen LogP contribution in [0.1, 0.15) is 29.9 Å². The number of primary amides is 1. The molecule has 1 aliphatic rings. The van der Waals surface area contributed by atoms with Crippen molar-refractivity contribution in [2.24, 2.45) is 5.73 Å². The van der Waals surface area contributed by atoms with Crippen molar-refractivity contribution in [2.45, 2.75) is 31.0 Å². The number of carbonyl (C=O) groups is 1. The van der Waals surface area contributed by atoms with E-state index in [0.717, 1.165) is 12.1 Å². The molecule has 3 nitrogen and oxygen atoms in total. The topological polar surface area (TPSA) is 55.1 Å². The van der Waals surface area contributed by atoms with E-state index in [0.29, 0.717) is 24.9 Å². The van der Waals surface area contributed by atoms with Crippen LogP contribution in [0.4, 0.5) is 13.2 Å². The molecule has 0 saturated carbocycles. The highest BCUT2D eigenvalue weighted by Gasteiger charge is 2.32. The first-order chi connectivity index (χ1) is 8.88. The lowest BCUT2D eigenvalue weighted by Gasteiger charge is -2.29. The fourth-order valence-corrected chi connectivity index (χ4v) is 2.41. The van der Waals surface area contributed by atoms with Gasteiger partial charge in [0, 0.05) is 0 Å². The highest BCUT2D eigenvalue weighted by Crippen LogP contribution is 2.33. The van der Waals surface area contributed by atoms with Gasteiger partial charge in [-0.05, 0) is 36.9 Å². The van der Waals surface area contributed by atoms with E-state index in [4.69, 9.17) is 5.73 Å². The van der Waals surface area contributed by atoms with Crippen LogP contribution in [-0.4, -0.2) is 18.5 Å². The van der Waals surface area contributed by atoms with E-state index in [1.165, 1.54) is 6.07 Å². The number of rotatable bonds is 2. The van der Waals surface area contributed by atoms with E-state index >= 15 is 0 Å². The number of carbonyl (C=O) groups excluding carboxylic acids is 1. The first-order valence-corrected chi connectivity index (χ1v) is 6.08. The summed E-state index contributed by atoms with van der Waals surface area (Å²) in [7, 11) is 0. The summed E-state index contributed by atoms with van der Waals surface area (Å²) >= 11 is 0. The van der Waals surface area contributed by atoms with Crippen molar-refractivity contribution in [1.82, 2.24) is 5.32 Å². The van der Waals surface area contributed by atoms with Crippen LogP contribution in [0.3, 0.4) is 0 Å². The largest absolute Gasteiger partial charge is 0.416 e. The van der Waals surface area contributed by atoms with Crippen LogP contribution in [0.2, 0.25) is 0 Å². The van der Waals surface area contributed by atoms with Crippen LogP contribution in [-0.2, 0) is 11.0 Å². The van der Waals surface area contributed by atoms with Crippen molar-refractivity contribution >= 4 is 5.91 Å². The average molecular weight is 272 g/mol. The molecule has 1 heterocycles. The molecule has 0 aromatic heterocycles. The van der Waals surface area contributed by atoms with Gasteiger partial charge in [0.25, 0.3) is 0 Å². The van der Waals surface area contributed by atoms with Crippen LogP contribution >= 0.6 is 0 Å². The Kier molecular flexibility index (Phi) is 3.80. The average Bonchev–Trinajstić information content (AvgIpc) is 2.38. The second-order valence-corrected chi connectivity index (χ2v) is 4.75. The predicted molar refractivity (Wildman–Crippen MR) is 64.4 cm³/mol. The van der Waals surface area contributed by atoms with E-state index in [1.54, 1.807) is 6.07 Å². The number of alkyl halides is 3. The molecule has 2 rings (SSSR count). The second-order valence-electron chi connectivity index (χ2n) is 4.75. The van der Waals surface area contributed by atoms with Crippen molar-refractivity contribution in [3.8, 4) is 0 Å². The summed E-state index contributed by atoms with van der Waals surface area (Å²) in [5.41, 5.74) is 5.19. The van der Waals surface area contributed by atoms with E-state index in [9.17, 15) is 18.0 Å². The summed E-state index contributed by atoms with van der Waals surface area (Å²) < 4.78 is 38.0. The summed E-state index contributed by atoms with van der Waals surface area (Å²) in [5, 5.41) is 2.97. The molecule has 0 radical (unpaired) electrons. The summed E-state index contributed by atoms with van der Waals surface area (Å²) in [5.74, 6) is -0.530. The standard InChI is InChI=1S/C13H15F3N2O/c14-13(15,16)10-3-1-2-8(6-10)9-4-5-18-11(7-9)12(17)19/h1-3,6,9,11,18H,4-5,7H2,(H2,17,19). The molecule has 104 valence electrons. The quantitative estimate of drug-likeness (QED) is 0.865. The first kappa shape index (κ1) is 13.9. The monoisotopic (exact) mass is 272 g/mol. The molecule has 1 aliphatic heterocycles. The number of hydrogen-bond acceptors (Lipinski definition) is 2. The molecular formula is C13H15F3N2O. The van der Waals surface area contributed by atoms with Crippen LogP contribution in [0, 0.1) is 0 Å². The van der Waals surface area contributed by atoms with Gasteiger partial charge in [-0.25, -0.2) is 0 Å². The zero-order valence-electron chi connectivity index (χ0n) is 10.2. The Hall–Kier alpha value is -1.56. The van der Waals surface area contributed by atoms with Crippen LogP contribution < -0.4 is 11.1 Å². The van der Waals surface area contributed by atoms with E-state index in [2.05, 4.69) is 5.32 Å². The highest BCUT2D eigenvalue weighted by molar-refractivity contribution is 5.80. The van der Waals surface area contributed by atoms with Crippen molar-refractivity contribution in [3.63, 3.8) is 0 Å². The fraction of sp³-hybridized carbons (Fsp3) is 0.462. The Bertz CT molecular complexity index is 473. The zero-order chi connectivity index (χ0) is 14.0. The molecule has 1 amide bonds. The molecule has 0 spiro atoms. The minimum absolute atomic E-state index is 0.0685. The smallest absolute Gasteiger partial charge is 0.368 e. The lowest BCUT2D eigenvalue weighted by atomic mass is 9.85. The lowest BCUT2D eigenvalue weighted by Crippen LogP contribution is -2.46. The third kappa shape index (κ3) is 3.26. The Labute approximate surface area is 109 Å². The van der Waals surface area contributed by atoms with Crippen LogP contribution in [0.25, 0.3) is 0 Å². The maximum Gasteiger partial charge on any atom is 0.416 e. The highest BCUT2D eigenvalue weighted by atomic mass is 19.4. The third-order valence-corrected chi connectivity index (χ3v) is 3.43. The number of halogens is 3. The molecule has 0 aliphatic carbocycles. The predicted octanol–water partition coefficient (Wildman–Crippen LogP) is 2.03. The van der Waals surface area contributed by atoms with E-state index < -0.39 is 23.7 Å². The molecule has 2 atom stereocenters. The molecule has 1 aromatic carbocycles.